The first kappa shape index (κ1) is 10.9. The maximum absolute atomic E-state index is 12.4. The maximum atomic E-state index is 12.4. The third-order valence-corrected chi connectivity index (χ3v) is 2.63. The van der Waals surface area contributed by atoms with Crippen LogP contribution in [0.25, 0.3) is 0 Å². The Morgan fingerprint density at radius 1 is 1.62 bits per heavy atom. The van der Waals surface area contributed by atoms with Crippen molar-refractivity contribution in [3.63, 3.8) is 0 Å². The molecule has 0 saturated carbocycles. The van der Waals surface area contributed by atoms with E-state index in [0.717, 1.165) is 6.07 Å². The molecule has 72 valence electrons. The molecule has 13 heavy (non-hydrogen) atoms. The van der Waals surface area contributed by atoms with Crippen LogP contribution in [0.4, 0.5) is 8.78 Å². The zero-order chi connectivity index (χ0) is 10.0. The third kappa shape index (κ3) is 2.40. The van der Waals surface area contributed by atoms with Gasteiger partial charge in [-0.1, -0.05) is 11.6 Å². The number of pyridine rings is 1. The second kappa shape index (κ2) is 4.36. The first-order chi connectivity index (χ1) is 6.06. The van der Waals surface area contributed by atoms with Gasteiger partial charge in [0.15, 0.2) is 0 Å². The zero-order valence-electron chi connectivity index (χ0n) is 6.52. The molecule has 0 unspecified atom stereocenters. The summed E-state index contributed by atoms with van der Waals surface area (Å²) in [6, 6.07) is 1.14. The van der Waals surface area contributed by atoms with Crippen molar-refractivity contribution in [3.05, 3.63) is 20.4 Å². The molecule has 0 aromatic carbocycles. The number of ether oxygens (including phenoxy) is 1. The molecule has 6 heteroatoms. The highest BCUT2D eigenvalue weighted by Crippen LogP contribution is 2.31. The summed E-state index contributed by atoms with van der Waals surface area (Å²) in [5, 5.41) is 0.00701. The van der Waals surface area contributed by atoms with Gasteiger partial charge in [-0.05, 0) is 28.7 Å². The van der Waals surface area contributed by atoms with E-state index in [-0.39, 0.29) is 16.6 Å². The number of halogens is 4. The van der Waals surface area contributed by atoms with Gasteiger partial charge >= 0.3 is 0 Å². The summed E-state index contributed by atoms with van der Waals surface area (Å²) < 4.78 is 29.8. The molecule has 0 aliphatic rings. The minimum atomic E-state index is -2.57. The number of alkyl halides is 2. The molecule has 0 atom stereocenters. The van der Waals surface area contributed by atoms with Crippen molar-refractivity contribution in [1.82, 2.24) is 4.98 Å². The number of nitrogens with zero attached hydrogens (tertiary/aromatic N) is 1. The van der Waals surface area contributed by atoms with Gasteiger partial charge in [-0.15, -0.1) is 0 Å². The van der Waals surface area contributed by atoms with Gasteiger partial charge in [0.1, 0.15) is 5.15 Å². The van der Waals surface area contributed by atoms with E-state index >= 15 is 0 Å². The molecular formula is C7H5ClF2INO. The van der Waals surface area contributed by atoms with Crippen LogP contribution in [0.1, 0.15) is 12.0 Å². The lowest BCUT2D eigenvalue weighted by Crippen LogP contribution is -1.97. The second-order valence-corrected chi connectivity index (χ2v) is 3.62. The Morgan fingerprint density at radius 3 is 2.69 bits per heavy atom. The molecule has 1 rings (SSSR count). The average Bonchev–Trinajstić information content (AvgIpc) is 2.08. The van der Waals surface area contributed by atoms with Crippen molar-refractivity contribution in [2.45, 2.75) is 6.43 Å². The van der Waals surface area contributed by atoms with E-state index in [1.54, 1.807) is 22.6 Å². The molecular weight excluding hydrogens is 314 g/mol. The van der Waals surface area contributed by atoms with Gasteiger partial charge in [0.2, 0.25) is 5.88 Å². The van der Waals surface area contributed by atoms with E-state index in [9.17, 15) is 8.78 Å². The van der Waals surface area contributed by atoms with Gasteiger partial charge in [-0.3, -0.25) is 0 Å². The first-order valence-electron chi connectivity index (χ1n) is 3.24. The lowest BCUT2D eigenvalue weighted by Gasteiger charge is -2.07. The van der Waals surface area contributed by atoms with Crippen molar-refractivity contribution in [2.75, 3.05) is 7.11 Å². The number of aromatic nitrogens is 1. The molecule has 0 bridgehead atoms. The van der Waals surface area contributed by atoms with Crippen molar-refractivity contribution in [1.29, 1.82) is 0 Å². The van der Waals surface area contributed by atoms with E-state index in [4.69, 9.17) is 16.3 Å². The fraction of sp³-hybridized carbons (Fsp3) is 0.286. The Morgan fingerprint density at radius 2 is 2.23 bits per heavy atom. The molecule has 1 aromatic rings. The van der Waals surface area contributed by atoms with Crippen LogP contribution in [0.2, 0.25) is 5.15 Å². The second-order valence-electron chi connectivity index (χ2n) is 2.16. The monoisotopic (exact) mass is 319 g/mol. The molecule has 0 amide bonds. The molecule has 1 aromatic heterocycles. The molecule has 0 aliphatic carbocycles. The largest absolute Gasteiger partial charge is 0.480 e. The van der Waals surface area contributed by atoms with Crippen LogP contribution in [0.5, 0.6) is 5.88 Å². The summed E-state index contributed by atoms with van der Waals surface area (Å²) >= 11 is 7.26. The predicted molar refractivity (Wildman–Crippen MR) is 53.5 cm³/mol. The van der Waals surface area contributed by atoms with Crippen molar-refractivity contribution >= 4 is 34.2 Å². The Balaban J connectivity index is 3.27. The minimum Gasteiger partial charge on any atom is -0.480 e. The SMILES string of the molecule is COc1nc(Cl)cc(C(F)F)c1I. The van der Waals surface area contributed by atoms with E-state index in [1.165, 1.54) is 7.11 Å². The fourth-order valence-electron chi connectivity index (χ4n) is 0.788. The topological polar surface area (TPSA) is 22.1 Å². The average molecular weight is 319 g/mol. The summed E-state index contributed by atoms with van der Waals surface area (Å²) in [7, 11) is 1.36. The van der Waals surface area contributed by atoms with Crippen LogP contribution >= 0.6 is 34.2 Å². The summed E-state index contributed by atoms with van der Waals surface area (Å²) in [5.41, 5.74) is -0.155. The van der Waals surface area contributed by atoms with Crippen LogP contribution < -0.4 is 4.74 Å². The Kier molecular flexibility index (Phi) is 3.66. The molecule has 0 aliphatic heterocycles. The van der Waals surface area contributed by atoms with E-state index in [0.29, 0.717) is 3.57 Å². The van der Waals surface area contributed by atoms with Gasteiger partial charge in [0, 0.05) is 5.56 Å². The van der Waals surface area contributed by atoms with E-state index in [1.807, 2.05) is 0 Å². The van der Waals surface area contributed by atoms with Crippen LogP contribution in [0, 0.1) is 3.57 Å². The summed E-state index contributed by atoms with van der Waals surface area (Å²) in [5.74, 6) is 0.128. The van der Waals surface area contributed by atoms with Gasteiger partial charge in [0.05, 0.1) is 10.7 Å². The van der Waals surface area contributed by atoms with Crippen molar-refractivity contribution < 1.29 is 13.5 Å². The van der Waals surface area contributed by atoms with E-state index < -0.39 is 6.43 Å². The van der Waals surface area contributed by atoms with Crippen molar-refractivity contribution in [3.8, 4) is 5.88 Å². The highest BCUT2D eigenvalue weighted by Gasteiger charge is 2.17. The lowest BCUT2D eigenvalue weighted by molar-refractivity contribution is 0.149. The van der Waals surface area contributed by atoms with Crippen LogP contribution in [-0.4, -0.2) is 12.1 Å². The number of rotatable bonds is 2. The normalized spacial score (nSPS) is 10.6. The fourth-order valence-corrected chi connectivity index (χ4v) is 1.71. The Bertz CT molecular complexity index is 322. The van der Waals surface area contributed by atoms with Crippen LogP contribution in [0.3, 0.4) is 0 Å². The standard InChI is InChI=1S/C7H5ClF2INO/c1-13-7-5(11)3(6(9)10)2-4(8)12-7/h2,6H,1H3. The maximum Gasteiger partial charge on any atom is 0.265 e. The predicted octanol–water partition coefficient (Wildman–Crippen LogP) is 3.29. The number of hydrogen-bond acceptors (Lipinski definition) is 2. The molecule has 0 fully saturated rings. The van der Waals surface area contributed by atoms with Gasteiger partial charge < -0.3 is 4.74 Å². The summed E-state index contributed by atoms with van der Waals surface area (Å²) in [4.78, 5) is 3.74. The Labute approximate surface area is 92.4 Å². The smallest absolute Gasteiger partial charge is 0.265 e. The highest BCUT2D eigenvalue weighted by atomic mass is 127. The van der Waals surface area contributed by atoms with E-state index in [2.05, 4.69) is 4.98 Å². The van der Waals surface area contributed by atoms with Crippen LogP contribution in [-0.2, 0) is 0 Å². The summed E-state index contributed by atoms with van der Waals surface area (Å²) in [6.45, 7) is 0. The number of methoxy groups -OCH3 is 1. The minimum absolute atomic E-state index is 0.00701. The van der Waals surface area contributed by atoms with Crippen molar-refractivity contribution in [2.24, 2.45) is 0 Å². The number of hydrogen-bond donors (Lipinski definition) is 0. The molecule has 0 saturated heterocycles. The third-order valence-electron chi connectivity index (χ3n) is 1.35. The zero-order valence-corrected chi connectivity index (χ0v) is 9.44. The highest BCUT2D eigenvalue weighted by molar-refractivity contribution is 14.1. The quantitative estimate of drug-likeness (QED) is 0.616. The lowest BCUT2D eigenvalue weighted by atomic mass is 10.3. The van der Waals surface area contributed by atoms with Gasteiger partial charge in [-0.25, -0.2) is 13.8 Å². The van der Waals surface area contributed by atoms with Crippen LogP contribution in [0.15, 0.2) is 6.07 Å². The molecule has 0 spiro atoms. The molecule has 1 heterocycles. The van der Waals surface area contributed by atoms with Gasteiger partial charge in [-0.2, -0.15) is 0 Å². The first-order valence-corrected chi connectivity index (χ1v) is 4.70. The molecule has 2 nitrogen and oxygen atoms in total. The molecule has 0 N–H and O–H groups in total. The van der Waals surface area contributed by atoms with Gasteiger partial charge in [0.25, 0.3) is 6.43 Å². The Hall–Kier alpha value is -0.170. The molecule has 0 radical (unpaired) electrons. The summed E-state index contributed by atoms with van der Waals surface area (Å²) in [6.07, 6.45) is -2.57.